The van der Waals surface area contributed by atoms with Gasteiger partial charge in [-0.2, -0.15) is 0 Å². The lowest BCUT2D eigenvalue weighted by atomic mass is 9.98. The van der Waals surface area contributed by atoms with Gasteiger partial charge in [0.25, 0.3) is 0 Å². The van der Waals surface area contributed by atoms with E-state index in [1.165, 1.54) is 0 Å². The lowest BCUT2D eigenvalue weighted by Crippen LogP contribution is -2.61. The zero-order chi connectivity index (χ0) is 16.4. The summed E-state index contributed by atoms with van der Waals surface area (Å²) in [5.41, 5.74) is 0. The van der Waals surface area contributed by atoms with Crippen molar-refractivity contribution in [3.8, 4) is 0 Å². The highest BCUT2D eigenvalue weighted by molar-refractivity contribution is 4.91. The van der Waals surface area contributed by atoms with Crippen molar-refractivity contribution in [3.63, 3.8) is 0 Å². The van der Waals surface area contributed by atoms with Crippen LogP contribution in [0.3, 0.4) is 0 Å². The van der Waals surface area contributed by atoms with Crippen LogP contribution >= 0.6 is 0 Å². The quantitative estimate of drug-likeness (QED) is 0.268. The standard InChI is InChI=1S/C12H22O10/c13-2-5-8(16)4(15)1-7(20-5)22-11-6(3-14)21-12(19)10(18)9(11)17/h4-19H,1-3H2/t4-,5-,6-,7-,8+,9-,10-,11-,12-/m1/s1. The van der Waals surface area contributed by atoms with Gasteiger partial charge in [-0.15, -0.1) is 0 Å². The SMILES string of the molecule is OC[C@H]1O[C@H](O[C@H]2[C@H](O)[C@@H](O)[C@H](O)O[C@@H]2CO)C[C@@H](O)[C@@H]1O. The van der Waals surface area contributed by atoms with Crippen molar-refractivity contribution in [2.24, 2.45) is 0 Å². The molecule has 0 unspecified atom stereocenters. The Labute approximate surface area is 126 Å². The Hall–Kier alpha value is -0.400. The van der Waals surface area contributed by atoms with Gasteiger partial charge in [0.05, 0.1) is 19.3 Å². The van der Waals surface area contributed by atoms with Gasteiger partial charge in [-0.05, 0) is 0 Å². The molecule has 2 heterocycles. The summed E-state index contributed by atoms with van der Waals surface area (Å²) in [6.45, 7) is -1.14. The zero-order valence-corrected chi connectivity index (χ0v) is 11.7. The van der Waals surface area contributed by atoms with Crippen LogP contribution in [0.4, 0.5) is 0 Å². The van der Waals surface area contributed by atoms with Crippen molar-refractivity contribution >= 4 is 0 Å². The second-order valence-corrected chi connectivity index (χ2v) is 5.41. The van der Waals surface area contributed by atoms with Gasteiger partial charge in [0.15, 0.2) is 12.6 Å². The number of hydrogen-bond donors (Lipinski definition) is 7. The number of hydrogen-bond acceptors (Lipinski definition) is 10. The molecule has 22 heavy (non-hydrogen) atoms. The van der Waals surface area contributed by atoms with Crippen molar-refractivity contribution in [3.05, 3.63) is 0 Å². The summed E-state index contributed by atoms with van der Waals surface area (Å²) in [6, 6.07) is 0. The highest BCUT2D eigenvalue weighted by Crippen LogP contribution is 2.28. The van der Waals surface area contributed by atoms with Crippen molar-refractivity contribution in [2.45, 2.75) is 61.7 Å². The lowest BCUT2D eigenvalue weighted by molar-refractivity contribution is -0.336. The summed E-state index contributed by atoms with van der Waals surface area (Å²) >= 11 is 0. The number of rotatable bonds is 4. The molecule has 2 aliphatic rings. The van der Waals surface area contributed by atoms with Gasteiger partial charge in [0, 0.05) is 6.42 Å². The Morgan fingerprint density at radius 2 is 1.45 bits per heavy atom. The summed E-state index contributed by atoms with van der Waals surface area (Å²) in [4.78, 5) is 0. The smallest absolute Gasteiger partial charge is 0.184 e. The van der Waals surface area contributed by atoms with E-state index < -0.39 is 68.5 Å². The van der Waals surface area contributed by atoms with Gasteiger partial charge >= 0.3 is 0 Å². The summed E-state index contributed by atoms with van der Waals surface area (Å²) in [5.74, 6) is 0. The summed E-state index contributed by atoms with van der Waals surface area (Å²) < 4.78 is 15.6. The monoisotopic (exact) mass is 326 g/mol. The molecule has 0 bridgehead atoms. The number of ether oxygens (including phenoxy) is 3. The Kier molecular flexibility index (Phi) is 6.07. The molecule has 0 radical (unpaired) electrons. The molecule has 2 saturated heterocycles. The van der Waals surface area contributed by atoms with Gasteiger partial charge in [-0.1, -0.05) is 0 Å². The zero-order valence-electron chi connectivity index (χ0n) is 11.7. The Morgan fingerprint density at radius 1 is 0.818 bits per heavy atom. The van der Waals surface area contributed by atoms with E-state index in [9.17, 15) is 30.6 Å². The largest absolute Gasteiger partial charge is 0.394 e. The molecule has 2 rings (SSSR count). The van der Waals surface area contributed by atoms with Crippen molar-refractivity contribution in [1.82, 2.24) is 0 Å². The molecule has 2 aliphatic heterocycles. The average Bonchev–Trinajstić information content (AvgIpc) is 2.50. The average molecular weight is 326 g/mol. The Morgan fingerprint density at radius 3 is 2.05 bits per heavy atom. The minimum Gasteiger partial charge on any atom is -0.394 e. The van der Waals surface area contributed by atoms with Crippen molar-refractivity contribution < 1.29 is 50.0 Å². The molecule has 130 valence electrons. The van der Waals surface area contributed by atoms with Crippen LogP contribution in [0.15, 0.2) is 0 Å². The molecular weight excluding hydrogens is 304 g/mol. The van der Waals surface area contributed by atoms with E-state index >= 15 is 0 Å². The molecule has 0 aromatic carbocycles. The summed E-state index contributed by atoms with van der Waals surface area (Å²) in [6.07, 6.45) is -12.0. The molecule has 2 fully saturated rings. The van der Waals surface area contributed by atoms with Crippen LogP contribution in [0.5, 0.6) is 0 Å². The highest BCUT2D eigenvalue weighted by Gasteiger charge is 2.47. The Bertz CT molecular complexity index is 353. The van der Waals surface area contributed by atoms with E-state index in [0.29, 0.717) is 0 Å². The predicted octanol–water partition coefficient (Wildman–Crippen LogP) is -4.37. The van der Waals surface area contributed by atoms with Crippen LogP contribution < -0.4 is 0 Å². The van der Waals surface area contributed by atoms with Crippen LogP contribution in [0.2, 0.25) is 0 Å². The first-order chi connectivity index (χ1) is 10.4. The maximum Gasteiger partial charge on any atom is 0.184 e. The molecule has 0 saturated carbocycles. The van der Waals surface area contributed by atoms with Crippen LogP contribution in [-0.2, 0) is 14.2 Å². The van der Waals surface area contributed by atoms with E-state index in [0.717, 1.165) is 0 Å². The van der Waals surface area contributed by atoms with E-state index in [1.807, 2.05) is 0 Å². The van der Waals surface area contributed by atoms with Gasteiger partial charge in [-0.3, -0.25) is 0 Å². The fourth-order valence-electron chi connectivity index (χ4n) is 2.56. The molecule has 0 amide bonds. The summed E-state index contributed by atoms with van der Waals surface area (Å²) in [5, 5.41) is 66.6. The molecule has 10 nitrogen and oxygen atoms in total. The fourth-order valence-corrected chi connectivity index (χ4v) is 2.56. The maximum atomic E-state index is 9.94. The lowest BCUT2D eigenvalue weighted by Gasteiger charge is -2.43. The van der Waals surface area contributed by atoms with Gasteiger partial charge in [0.2, 0.25) is 0 Å². The molecule has 0 aromatic heterocycles. The first-order valence-corrected chi connectivity index (χ1v) is 6.97. The van der Waals surface area contributed by atoms with E-state index in [-0.39, 0.29) is 6.42 Å². The number of aliphatic hydroxyl groups excluding tert-OH is 7. The van der Waals surface area contributed by atoms with Crippen molar-refractivity contribution in [1.29, 1.82) is 0 Å². The third-order valence-electron chi connectivity index (χ3n) is 3.86. The minimum absolute atomic E-state index is 0.141. The molecule has 0 aromatic rings. The van der Waals surface area contributed by atoms with Gasteiger partial charge in [0.1, 0.15) is 36.6 Å². The molecule has 0 spiro atoms. The molecular formula is C12H22O10. The molecule has 9 atom stereocenters. The predicted molar refractivity (Wildman–Crippen MR) is 67.2 cm³/mol. The van der Waals surface area contributed by atoms with E-state index in [2.05, 4.69) is 0 Å². The summed E-state index contributed by atoms with van der Waals surface area (Å²) in [7, 11) is 0. The van der Waals surface area contributed by atoms with Crippen LogP contribution in [-0.4, -0.2) is 104 Å². The van der Waals surface area contributed by atoms with Crippen LogP contribution in [0.25, 0.3) is 0 Å². The second-order valence-electron chi connectivity index (χ2n) is 5.41. The highest BCUT2D eigenvalue weighted by atomic mass is 16.7. The van der Waals surface area contributed by atoms with Crippen LogP contribution in [0.1, 0.15) is 6.42 Å². The molecule has 0 aliphatic carbocycles. The third-order valence-corrected chi connectivity index (χ3v) is 3.86. The third kappa shape index (κ3) is 3.57. The topological polar surface area (TPSA) is 169 Å². The first kappa shape index (κ1) is 17.9. The van der Waals surface area contributed by atoms with Crippen LogP contribution in [0, 0.1) is 0 Å². The minimum atomic E-state index is -1.67. The van der Waals surface area contributed by atoms with E-state index in [4.69, 9.17) is 19.3 Å². The van der Waals surface area contributed by atoms with Gasteiger partial charge < -0.3 is 50.0 Å². The molecule has 7 N–H and O–H groups in total. The fraction of sp³-hybridized carbons (Fsp3) is 1.00. The number of aliphatic hydroxyl groups is 7. The van der Waals surface area contributed by atoms with Crippen molar-refractivity contribution in [2.75, 3.05) is 13.2 Å². The van der Waals surface area contributed by atoms with E-state index in [1.54, 1.807) is 0 Å². The molecule has 10 heteroatoms. The maximum absolute atomic E-state index is 9.94. The second kappa shape index (κ2) is 7.45. The first-order valence-electron chi connectivity index (χ1n) is 6.97. The normalized spacial score (nSPS) is 50.0. The van der Waals surface area contributed by atoms with Gasteiger partial charge in [-0.25, -0.2) is 0 Å². The Balaban J connectivity index is 2.04.